The van der Waals surface area contributed by atoms with E-state index in [1.165, 1.54) is 11.1 Å². The van der Waals surface area contributed by atoms with Gasteiger partial charge in [-0.1, -0.05) is 19.1 Å². The summed E-state index contributed by atoms with van der Waals surface area (Å²) in [6, 6.07) is 6.60. The highest BCUT2D eigenvalue weighted by molar-refractivity contribution is 5.97. The summed E-state index contributed by atoms with van der Waals surface area (Å²) in [6.45, 7) is 9.96. The van der Waals surface area contributed by atoms with E-state index in [4.69, 9.17) is 0 Å². The van der Waals surface area contributed by atoms with Crippen LogP contribution in [0.5, 0.6) is 0 Å². The van der Waals surface area contributed by atoms with Gasteiger partial charge in [0.1, 0.15) is 0 Å². The molecule has 1 aromatic rings. The Bertz CT molecular complexity index is 484. The topological polar surface area (TPSA) is 23.6 Å². The number of carbonyl (C=O) groups excluding carboxylic acids is 1. The van der Waals surface area contributed by atoms with Crippen molar-refractivity contribution in [1.82, 2.24) is 9.80 Å². The lowest BCUT2D eigenvalue weighted by molar-refractivity contribution is 0.0743. The minimum absolute atomic E-state index is 0.243. The van der Waals surface area contributed by atoms with Crippen LogP contribution in [0.25, 0.3) is 0 Å². The summed E-state index contributed by atoms with van der Waals surface area (Å²) in [5.74, 6) is 0.243. The Hall–Kier alpha value is -1.19. The fraction of sp³-hybridized carbons (Fsp3) is 0.588. The van der Waals surface area contributed by atoms with Crippen LogP contribution >= 0.6 is 0 Å². The van der Waals surface area contributed by atoms with E-state index >= 15 is 0 Å². The number of rotatable bonds is 4. The molecule has 0 radical (unpaired) electrons. The summed E-state index contributed by atoms with van der Waals surface area (Å²) in [5, 5.41) is 0. The van der Waals surface area contributed by atoms with Crippen LogP contribution in [0.3, 0.4) is 0 Å². The van der Waals surface area contributed by atoms with Gasteiger partial charge in [-0.3, -0.25) is 9.69 Å². The second kappa shape index (κ2) is 6.51. The number of likely N-dealkylation sites (N-methyl/N-ethyl adjacent to an activating group) is 1. The summed E-state index contributed by atoms with van der Waals surface area (Å²) in [4.78, 5) is 17.1. The molecule has 1 aliphatic heterocycles. The van der Waals surface area contributed by atoms with Crippen molar-refractivity contribution in [2.24, 2.45) is 0 Å². The van der Waals surface area contributed by atoms with Gasteiger partial charge in [-0.25, -0.2) is 0 Å². The van der Waals surface area contributed by atoms with Crippen molar-refractivity contribution in [3.8, 4) is 0 Å². The molecule has 1 atom stereocenters. The van der Waals surface area contributed by atoms with E-state index in [2.05, 4.69) is 37.6 Å². The first kappa shape index (κ1) is 15.2. The van der Waals surface area contributed by atoms with Gasteiger partial charge >= 0.3 is 0 Å². The van der Waals surface area contributed by atoms with Crippen LogP contribution in [0.2, 0.25) is 0 Å². The third kappa shape index (κ3) is 3.47. The molecule has 3 heteroatoms. The number of piperazine rings is 1. The molecule has 2 rings (SSSR count). The van der Waals surface area contributed by atoms with Gasteiger partial charge in [-0.2, -0.15) is 0 Å². The number of Topliss-reactive ketones (excluding diaryl/α,β-unsaturated/α-hetero) is 1. The Morgan fingerprint density at radius 2 is 2.00 bits per heavy atom. The lowest BCUT2D eigenvalue weighted by atomic mass is 10.0. The predicted molar refractivity (Wildman–Crippen MR) is 83.4 cm³/mol. The Morgan fingerprint density at radius 3 is 2.65 bits per heavy atom. The van der Waals surface area contributed by atoms with Crippen molar-refractivity contribution in [2.45, 2.75) is 33.2 Å². The Balaban J connectivity index is 1.99. The van der Waals surface area contributed by atoms with Crippen molar-refractivity contribution in [2.75, 3.05) is 33.2 Å². The standard InChI is InChI=1S/C17H26N2O/c1-5-16-11-19(9-8-18(16)4)12-17(20)15-7-6-13(2)14(3)10-15/h6-7,10,16H,5,8-9,11-12H2,1-4H3. The van der Waals surface area contributed by atoms with Crippen molar-refractivity contribution in [1.29, 1.82) is 0 Å². The monoisotopic (exact) mass is 274 g/mol. The molecular formula is C17H26N2O. The zero-order valence-electron chi connectivity index (χ0n) is 13.1. The molecule has 1 aromatic carbocycles. The van der Waals surface area contributed by atoms with Crippen LogP contribution in [0.15, 0.2) is 18.2 Å². The first-order chi connectivity index (χ1) is 9.51. The van der Waals surface area contributed by atoms with Gasteiger partial charge < -0.3 is 4.90 Å². The first-order valence-corrected chi connectivity index (χ1v) is 7.54. The fourth-order valence-electron chi connectivity index (χ4n) is 2.80. The molecule has 0 spiro atoms. The lowest BCUT2D eigenvalue weighted by Crippen LogP contribution is -2.52. The number of hydrogen-bond donors (Lipinski definition) is 0. The second-order valence-electron chi connectivity index (χ2n) is 6.00. The molecule has 110 valence electrons. The van der Waals surface area contributed by atoms with Crippen LogP contribution in [0, 0.1) is 13.8 Å². The Kier molecular flexibility index (Phi) is 4.95. The minimum Gasteiger partial charge on any atom is -0.301 e. The van der Waals surface area contributed by atoms with E-state index in [9.17, 15) is 4.79 Å². The maximum Gasteiger partial charge on any atom is 0.176 e. The molecule has 1 saturated heterocycles. The van der Waals surface area contributed by atoms with E-state index in [0.29, 0.717) is 12.6 Å². The molecule has 0 bridgehead atoms. The van der Waals surface area contributed by atoms with E-state index < -0.39 is 0 Å². The SMILES string of the molecule is CCC1CN(CC(=O)c2ccc(C)c(C)c2)CCN1C. The molecule has 1 heterocycles. The fourth-order valence-corrected chi connectivity index (χ4v) is 2.80. The summed E-state index contributed by atoms with van der Waals surface area (Å²) in [7, 11) is 2.18. The Labute approximate surface area is 122 Å². The van der Waals surface area contributed by atoms with Crippen LogP contribution in [0.1, 0.15) is 34.8 Å². The summed E-state index contributed by atoms with van der Waals surface area (Å²) < 4.78 is 0. The molecule has 1 fully saturated rings. The molecule has 1 unspecified atom stereocenters. The minimum atomic E-state index is 0.243. The summed E-state index contributed by atoms with van der Waals surface area (Å²) >= 11 is 0. The molecule has 0 aliphatic carbocycles. The zero-order chi connectivity index (χ0) is 14.7. The van der Waals surface area contributed by atoms with Gasteiger partial charge in [0.25, 0.3) is 0 Å². The number of hydrogen-bond acceptors (Lipinski definition) is 3. The molecule has 20 heavy (non-hydrogen) atoms. The van der Waals surface area contributed by atoms with Crippen molar-refractivity contribution >= 4 is 5.78 Å². The highest BCUT2D eigenvalue weighted by Crippen LogP contribution is 2.14. The van der Waals surface area contributed by atoms with E-state index in [1.807, 2.05) is 18.2 Å². The largest absolute Gasteiger partial charge is 0.301 e. The van der Waals surface area contributed by atoms with Crippen LogP contribution in [0.4, 0.5) is 0 Å². The predicted octanol–water partition coefficient (Wildman–Crippen LogP) is 2.51. The lowest BCUT2D eigenvalue weighted by Gasteiger charge is -2.38. The van der Waals surface area contributed by atoms with Gasteiger partial charge in [0.2, 0.25) is 0 Å². The van der Waals surface area contributed by atoms with E-state index in [-0.39, 0.29) is 5.78 Å². The number of carbonyl (C=O) groups is 1. The van der Waals surface area contributed by atoms with Crippen molar-refractivity contribution in [3.05, 3.63) is 34.9 Å². The summed E-state index contributed by atoms with van der Waals surface area (Å²) in [5.41, 5.74) is 3.29. The van der Waals surface area contributed by atoms with Crippen molar-refractivity contribution < 1.29 is 4.79 Å². The molecule has 0 aromatic heterocycles. The third-order valence-corrected chi connectivity index (χ3v) is 4.53. The average molecular weight is 274 g/mol. The molecular weight excluding hydrogens is 248 g/mol. The van der Waals surface area contributed by atoms with Gasteiger partial charge in [0.05, 0.1) is 6.54 Å². The molecule has 0 amide bonds. The van der Waals surface area contributed by atoms with Gasteiger partial charge in [0, 0.05) is 31.2 Å². The van der Waals surface area contributed by atoms with E-state index in [0.717, 1.165) is 31.6 Å². The average Bonchev–Trinajstić information content (AvgIpc) is 2.43. The van der Waals surface area contributed by atoms with Crippen LogP contribution < -0.4 is 0 Å². The summed E-state index contributed by atoms with van der Waals surface area (Å²) in [6.07, 6.45) is 1.14. The smallest absolute Gasteiger partial charge is 0.176 e. The highest BCUT2D eigenvalue weighted by Gasteiger charge is 2.24. The second-order valence-corrected chi connectivity index (χ2v) is 6.00. The van der Waals surface area contributed by atoms with Gasteiger partial charge in [-0.05, 0) is 44.5 Å². The normalized spacial score (nSPS) is 21.1. The van der Waals surface area contributed by atoms with Gasteiger partial charge in [-0.15, -0.1) is 0 Å². The van der Waals surface area contributed by atoms with Crippen molar-refractivity contribution in [3.63, 3.8) is 0 Å². The number of benzene rings is 1. The van der Waals surface area contributed by atoms with Crippen LogP contribution in [-0.4, -0.2) is 54.9 Å². The maximum absolute atomic E-state index is 12.4. The maximum atomic E-state index is 12.4. The molecule has 1 aliphatic rings. The number of ketones is 1. The first-order valence-electron chi connectivity index (χ1n) is 7.54. The molecule has 0 saturated carbocycles. The number of aryl methyl sites for hydroxylation is 2. The zero-order valence-corrected chi connectivity index (χ0v) is 13.1. The molecule has 3 nitrogen and oxygen atoms in total. The van der Waals surface area contributed by atoms with E-state index in [1.54, 1.807) is 0 Å². The highest BCUT2D eigenvalue weighted by atomic mass is 16.1. The quantitative estimate of drug-likeness (QED) is 0.788. The third-order valence-electron chi connectivity index (χ3n) is 4.53. The Morgan fingerprint density at radius 1 is 1.25 bits per heavy atom. The van der Waals surface area contributed by atoms with Gasteiger partial charge in [0.15, 0.2) is 5.78 Å². The van der Waals surface area contributed by atoms with Crippen LogP contribution in [-0.2, 0) is 0 Å². The number of nitrogens with zero attached hydrogens (tertiary/aromatic N) is 2. The molecule has 0 N–H and O–H groups in total.